The van der Waals surface area contributed by atoms with Gasteiger partial charge < -0.3 is 16.4 Å². The summed E-state index contributed by atoms with van der Waals surface area (Å²) in [5.74, 6) is 0.254. The van der Waals surface area contributed by atoms with E-state index in [1.165, 1.54) is 0 Å². The first-order valence-corrected chi connectivity index (χ1v) is 5.59. The molecule has 2 rings (SSSR count). The molecule has 1 aromatic rings. The predicted octanol–water partition coefficient (Wildman–Crippen LogP) is 1.78. The van der Waals surface area contributed by atoms with E-state index in [0.29, 0.717) is 15.2 Å². The third-order valence-electron chi connectivity index (χ3n) is 2.05. The van der Waals surface area contributed by atoms with Crippen molar-refractivity contribution in [3.63, 3.8) is 0 Å². The van der Waals surface area contributed by atoms with Gasteiger partial charge in [-0.1, -0.05) is 35.3 Å². The van der Waals surface area contributed by atoms with Gasteiger partial charge in [-0.15, -0.1) is 0 Å². The van der Waals surface area contributed by atoms with Gasteiger partial charge in [-0.05, 0) is 18.3 Å². The first-order chi connectivity index (χ1) is 7.58. The summed E-state index contributed by atoms with van der Waals surface area (Å²) in [5.41, 5.74) is 6.31. The third-order valence-corrected chi connectivity index (χ3v) is 3.11. The number of benzene rings is 1. The van der Waals surface area contributed by atoms with E-state index >= 15 is 0 Å². The molecule has 84 valence electrons. The predicted molar refractivity (Wildman–Crippen MR) is 69.7 cm³/mol. The summed E-state index contributed by atoms with van der Waals surface area (Å²) in [7, 11) is 0. The van der Waals surface area contributed by atoms with Crippen molar-refractivity contribution in [2.75, 3.05) is 0 Å². The average molecular weight is 275 g/mol. The van der Waals surface area contributed by atoms with Crippen LogP contribution in [0, 0.1) is 0 Å². The van der Waals surface area contributed by atoms with Gasteiger partial charge in [0.15, 0.2) is 17.2 Å². The van der Waals surface area contributed by atoms with Crippen LogP contribution in [0.2, 0.25) is 10.0 Å². The molecule has 0 saturated carbocycles. The molecule has 0 amide bonds. The first-order valence-electron chi connectivity index (χ1n) is 4.42. The summed E-state index contributed by atoms with van der Waals surface area (Å²) in [6.07, 6.45) is -0.403. The highest BCUT2D eigenvalue weighted by atomic mass is 35.5. The Bertz CT molecular complexity index is 475. The molecule has 4 nitrogen and oxygen atoms in total. The Balaban J connectivity index is 2.41. The van der Waals surface area contributed by atoms with Gasteiger partial charge in [0.2, 0.25) is 0 Å². The lowest BCUT2D eigenvalue weighted by molar-refractivity contribution is 0.660. The van der Waals surface area contributed by atoms with E-state index in [-0.39, 0.29) is 5.96 Å². The summed E-state index contributed by atoms with van der Waals surface area (Å²) >= 11 is 17.0. The number of nitrogens with zero attached hydrogens (tertiary/aromatic N) is 1. The topological polar surface area (TPSA) is 62.4 Å². The molecule has 7 heteroatoms. The number of aliphatic imine (C=N–C) groups is 1. The zero-order valence-electron chi connectivity index (χ0n) is 8.00. The van der Waals surface area contributed by atoms with E-state index < -0.39 is 6.17 Å². The first kappa shape index (κ1) is 11.4. The van der Waals surface area contributed by atoms with Crippen molar-refractivity contribution in [2.45, 2.75) is 6.17 Å². The lowest BCUT2D eigenvalue weighted by atomic mass is 10.1. The Kier molecular flexibility index (Phi) is 3.18. The fraction of sp³-hybridized carbons (Fsp3) is 0.111. The van der Waals surface area contributed by atoms with Crippen molar-refractivity contribution in [1.29, 1.82) is 0 Å². The standard InChI is InChI=1S/C9H8Cl2N4S/c10-5-3-1-2-4(6(5)11)7-13-8(12)15-9(16)14-7/h1-3,7H,(H4,12,13,14,15,16)/t7-/m1/s1. The molecule has 16 heavy (non-hydrogen) atoms. The molecule has 0 bridgehead atoms. The van der Waals surface area contributed by atoms with Gasteiger partial charge in [0, 0.05) is 5.56 Å². The SMILES string of the molecule is NC1=N[C@@H](c2cccc(Cl)c2Cl)NC(=S)N1. The lowest BCUT2D eigenvalue weighted by Crippen LogP contribution is -2.49. The van der Waals surface area contributed by atoms with Gasteiger partial charge in [-0.3, -0.25) is 0 Å². The number of rotatable bonds is 1. The van der Waals surface area contributed by atoms with Crippen molar-refractivity contribution in [1.82, 2.24) is 10.6 Å². The second-order valence-corrected chi connectivity index (χ2v) is 4.35. The van der Waals surface area contributed by atoms with Crippen molar-refractivity contribution in [3.8, 4) is 0 Å². The molecule has 4 N–H and O–H groups in total. The van der Waals surface area contributed by atoms with E-state index in [1.807, 2.05) is 6.07 Å². The third kappa shape index (κ3) is 2.21. The summed E-state index contributed by atoms with van der Waals surface area (Å²) in [5, 5.41) is 6.96. The van der Waals surface area contributed by atoms with Gasteiger partial charge in [0.05, 0.1) is 10.0 Å². The number of nitrogens with two attached hydrogens (primary N) is 1. The summed E-state index contributed by atoms with van der Waals surface area (Å²) in [6, 6.07) is 5.32. The van der Waals surface area contributed by atoms with Crippen LogP contribution in [-0.2, 0) is 0 Å². The van der Waals surface area contributed by atoms with Gasteiger partial charge in [0.1, 0.15) is 0 Å². The molecular formula is C9H8Cl2N4S. The normalized spacial score (nSPS) is 19.8. The maximum absolute atomic E-state index is 6.08. The van der Waals surface area contributed by atoms with Crippen LogP contribution >= 0.6 is 35.4 Å². The van der Waals surface area contributed by atoms with Crippen LogP contribution in [-0.4, -0.2) is 11.1 Å². The number of guanidine groups is 1. The van der Waals surface area contributed by atoms with E-state index in [2.05, 4.69) is 15.6 Å². The van der Waals surface area contributed by atoms with Crippen LogP contribution in [0.4, 0.5) is 0 Å². The van der Waals surface area contributed by atoms with E-state index in [9.17, 15) is 0 Å². The second kappa shape index (κ2) is 4.45. The molecule has 0 unspecified atom stereocenters. The fourth-order valence-electron chi connectivity index (χ4n) is 1.36. The molecular weight excluding hydrogens is 267 g/mol. The molecule has 0 fully saturated rings. The molecule has 0 saturated heterocycles. The van der Waals surface area contributed by atoms with Crippen molar-refractivity contribution >= 4 is 46.5 Å². The zero-order chi connectivity index (χ0) is 11.7. The summed E-state index contributed by atoms with van der Waals surface area (Å²) in [4.78, 5) is 4.15. The van der Waals surface area contributed by atoms with E-state index in [4.69, 9.17) is 41.2 Å². The van der Waals surface area contributed by atoms with Gasteiger partial charge >= 0.3 is 0 Å². The largest absolute Gasteiger partial charge is 0.370 e. The summed E-state index contributed by atoms with van der Waals surface area (Å²) in [6.45, 7) is 0. The second-order valence-electron chi connectivity index (χ2n) is 3.16. The average Bonchev–Trinajstić information content (AvgIpc) is 2.20. The van der Waals surface area contributed by atoms with Gasteiger partial charge in [0.25, 0.3) is 0 Å². The van der Waals surface area contributed by atoms with Crippen LogP contribution in [0.3, 0.4) is 0 Å². The minimum atomic E-state index is -0.403. The van der Waals surface area contributed by atoms with Crippen LogP contribution in [0.25, 0.3) is 0 Å². The van der Waals surface area contributed by atoms with Crippen LogP contribution in [0.15, 0.2) is 23.2 Å². The Labute approximate surface area is 108 Å². The highest BCUT2D eigenvalue weighted by Crippen LogP contribution is 2.30. The Morgan fingerprint density at radius 3 is 2.81 bits per heavy atom. The molecule has 0 aromatic heterocycles. The monoisotopic (exact) mass is 274 g/mol. The Morgan fingerprint density at radius 1 is 1.38 bits per heavy atom. The Hall–Kier alpha value is -1.04. The molecule has 0 spiro atoms. The Morgan fingerprint density at radius 2 is 2.12 bits per heavy atom. The molecule has 0 aliphatic carbocycles. The number of hydrogen-bond donors (Lipinski definition) is 3. The molecule has 1 aliphatic heterocycles. The van der Waals surface area contributed by atoms with E-state index in [0.717, 1.165) is 5.56 Å². The van der Waals surface area contributed by atoms with Crippen LogP contribution in [0.5, 0.6) is 0 Å². The minimum Gasteiger partial charge on any atom is -0.370 e. The van der Waals surface area contributed by atoms with Crippen molar-refractivity contribution in [2.24, 2.45) is 10.7 Å². The maximum atomic E-state index is 6.08. The molecule has 1 aromatic carbocycles. The quantitative estimate of drug-likeness (QED) is 0.684. The van der Waals surface area contributed by atoms with Gasteiger partial charge in [-0.2, -0.15) is 0 Å². The number of halogens is 2. The lowest BCUT2D eigenvalue weighted by Gasteiger charge is -2.23. The molecule has 1 atom stereocenters. The van der Waals surface area contributed by atoms with Crippen molar-refractivity contribution in [3.05, 3.63) is 33.8 Å². The van der Waals surface area contributed by atoms with Crippen LogP contribution < -0.4 is 16.4 Å². The molecule has 1 heterocycles. The highest BCUT2D eigenvalue weighted by Gasteiger charge is 2.20. The smallest absolute Gasteiger partial charge is 0.197 e. The number of thiocarbonyl (C=S) groups is 1. The van der Waals surface area contributed by atoms with E-state index in [1.54, 1.807) is 12.1 Å². The van der Waals surface area contributed by atoms with Crippen LogP contribution in [0.1, 0.15) is 11.7 Å². The van der Waals surface area contributed by atoms with Gasteiger partial charge in [-0.25, -0.2) is 4.99 Å². The fourth-order valence-corrected chi connectivity index (χ4v) is 1.99. The summed E-state index contributed by atoms with van der Waals surface area (Å²) < 4.78 is 0. The molecule has 0 radical (unpaired) electrons. The number of hydrogen-bond acceptors (Lipinski definition) is 3. The zero-order valence-corrected chi connectivity index (χ0v) is 10.3. The highest BCUT2D eigenvalue weighted by molar-refractivity contribution is 7.80. The molecule has 1 aliphatic rings. The van der Waals surface area contributed by atoms with Crippen molar-refractivity contribution < 1.29 is 0 Å². The minimum absolute atomic E-state index is 0.254. The maximum Gasteiger partial charge on any atom is 0.197 e. The number of nitrogens with one attached hydrogen (secondary N) is 2.